The van der Waals surface area contributed by atoms with E-state index >= 15 is 0 Å². The molecule has 0 unspecified atom stereocenters. The van der Waals surface area contributed by atoms with Crippen LogP contribution in [0.25, 0.3) is 0 Å². The zero-order chi connectivity index (χ0) is 23.3. The lowest BCUT2D eigenvalue weighted by Gasteiger charge is -2.35. The van der Waals surface area contributed by atoms with Crippen LogP contribution < -0.4 is 10.2 Å². The Labute approximate surface area is 195 Å². The van der Waals surface area contributed by atoms with Gasteiger partial charge in [-0.3, -0.25) is 9.69 Å². The molecule has 33 heavy (non-hydrogen) atoms. The molecule has 8 nitrogen and oxygen atoms in total. The molecule has 0 atom stereocenters. The quantitative estimate of drug-likeness (QED) is 0.672. The van der Waals surface area contributed by atoms with Gasteiger partial charge in [0.1, 0.15) is 5.75 Å². The highest BCUT2D eigenvalue weighted by molar-refractivity contribution is 7.89. The number of rotatable bonds is 6. The number of carbonyl (C=O) groups is 1. The highest BCUT2D eigenvalue weighted by Gasteiger charge is 2.25. The number of piperazine rings is 1. The summed E-state index contributed by atoms with van der Waals surface area (Å²) in [5.41, 5.74) is 1.66. The van der Waals surface area contributed by atoms with E-state index in [0.717, 1.165) is 57.5 Å². The van der Waals surface area contributed by atoms with Gasteiger partial charge in [-0.05, 0) is 61.4 Å². The second-order valence-electron chi connectivity index (χ2n) is 8.67. The average molecular weight is 473 g/mol. The first-order chi connectivity index (χ1) is 15.9. The van der Waals surface area contributed by atoms with Crippen LogP contribution in [0.5, 0.6) is 5.75 Å². The highest BCUT2D eigenvalue weighted by Crippen LogP contribution is 2.22. The summed E-state index contributed by atoms with van der Waals surface area (Å²) in [4.78, 5) is 17.1. The first kappa shape index (κ1) is 23.5. The molecule has 2 fully saturated rings. The Morgan fingerprint density at radius 2 is 1.42 bits per heavy atom. The fourth-order valence-electron chi connectivity index (χ4n) is 4.37. The van der Waals surface area contributed by atoms with Crippen LogP contribution >= 0.6 is 0 Å². The van der Waals surface area contributed by atoms with Crippen LogP contribution in [-0.2, 0) is 14.8 Å². The van der Waals surface area contributed by atoms with Crippen LogP contribution in [-0.4, -0.2) is 74.4 Å². The first-order valence-electron chi connectivity index (χ1n) is 11.6. The molecule has 0 aromatic heterocycles. The van der Waals surface area contributed by atoms with Gasteiger partial charge in [0.15, 0.2) is 0 Å². The molecule has 2 aliphatic heterocycles. The number of amides is 1. The van der Waals surface area contributed by atoms with Gasteiger partial charge >= 0.3 is 0 Å². The molecule has 2 aliphatic rings. The van der Waals surface area contributed by atoms with E-state index in [1.807, 2.05) is 12.1 Å². The predicted octanol–water partition coefficient (Wildman–Crippen LogP) is 2.72. The maximum Gasteiger partial charge on any atom is 0.243 e. The molecule has 0 radical (unpaired) electrons. The molecule has 0 spiro atoms. The van der Waals surface area contributed by atoms with E-state index in [2.05, 4.69) is 15.1 Å². The van der Waals surface area contributed by atoms with E-state index < -0.39 is 10.0 Å². The molecule has 2 aromatic rings. The smallest absolute Gasteiger partial charge is 0.243 e. The van der Waals surface area contributed by atoms with E-state index in [-0.39, 0.29) is 23.1 Å². The third-order valence-electron chi connectivity index (χ3n) is 6.30. The van der Waals surface area contributed by atoms with E-state index in [9.17, 15) is 18.3 Å². The van der Waals surface area contributed by atoms with Crippen molar-refractivity contribution in [2.75, 3.05) is 56.0 Å². The lowest BCUT2D eigenvalue weighted by molar-refractivity contribution is -0.117. The normalized spacial score (nSPS) is 18.6. The van der Waals surface area contributed by atoms with Gasteiger partial charge in [0.25, 0.3) is 0 Å². The lowest BCUT2D eigenvalue weighted by atomic mass is 10.2. The number of hydrogen-bond donors (Lipinski definition) is 2. The molecule has 178 valence electrons. The maximum atomic E-state index is 12.9. The molecule has 2 aromatic carbocycles. The van der Waals surface area contributed by atoms with Crippen molar-refractivity contribution in [2.45, 2.75) is 30.6 Å². The summed E-state index contributed by atoms with van der Waals surface area (Å²) >= 11 is 0. The SMILES string of the molecule is O=C(CN1CCN(c2ccc(O)cc2)CC1)Nc1ccc(S(=O)(=O)N2CCCCCC2)cc1. The molecule has 4 rings (SSSR count). The number of nitrogens with one attached hydrogen (secondary N) is 1. The van der Waals surface area contributed by atoms with Gasteiger partial charge in [-0.1, -0.05) is 12.8 Å². The summed E-state index contributed by atoms with van der Waals surface area (Å²) in [6.07, 6.45) is 3.94. The Morgan fingerprint density at radius 3 is 2.03 bits per heavy atom. The van der Waals surface area contributed by atoms with Crippen molar-refractivity contribution in [1.82, 2.24) is 9.21 Å². The molecule has 0 saturated carbocycles. The Bertz CT molecular complexity index is 1030. The molecule has 2 saturated heterocycles. The second-order valence-corrected chi connectivity index (χ2v) is 10.6. The number of carbonyl (C=O) groups excluding carboxylic acids is 1. The fourth-order valence-corrected chi connectivity index (χ4v) is 5.89. The van der Waals surface area contributed by atoms with Gasteiger partial charge in [-0.25, -0.2) is 8.42 Å². The van der Waals surface area contributed by atoms with Crippen molar-refractivity contribution in [1.29, 1.82) is 0 Å². The largest absolute Gasteiger partial charge is 0.508 e. The Morgan fingerprint density at radius 1 is 0.818 bits per heavy atom. The standard InChI is InChI=1S/C24H32N4O4S/c29-22-9-7-21(8-10-22)27-17-15-26(16-18-27)19-24(30)25-20-5-11-23(12-6-20)33(31,32)28-13-3-1-2-4-14-28/h5-12,29H,1-4,13-19H2,(H,25,30). The lowest BCUT2D eigenvalue weighted by Crippen LogP contribution is -2.48. The van der Waals surface area contributed by atoms with Gasteiger partial charge in [-0.15, -0.1) is 0 Å². The third-order valence-corrected chi connectivity index (χ3v) is 8.21. The number of hydrogen-bond acceptors (Lipinski definition) is 6. The third kappa shape index (κ3) is 6.04. The molecule has 0 bridgehead atoms. The number of phenols is 1. The van der Waals surface area contributed by atoms with Crippen molar-refractivity contribution in [3.8, 4) is 5.75 Å². The van der Waals surface area contributed by atoms with Crippen molar-refractivity contribution in [3.05, 3.63) is 48.5 Å². The van der Waals surface area contributed by atoms with E-state index in [4.69, 9.17) is 0 Å². The van der Waals surface area contributed by atoms with Crippen molar-refractivity contribution in [3.63, 3.8) is 0 Å². The molecule has 2 N–H and O–H groups in total. The molecular formula is C24H32N4O4S. The van der Waals surface area contributed by atoms with Gasteiger partial charge in [0.05, 0.1) is 11.4 Å². The van der Waals surface area contributed by atoms with Crippen molar-refractivity contribution in [2.24, 2.45) is 0 Å². The van der Waals surface area contributed by atoms with Gasteiger partial charge in [0.2, 0.25) is 15.9 Å². The zero-order valence-corrected chi connectivity index (χ0v) is 19.6. The minimum Gasteiger partial charge on any atom is -0.508 e. The highest BCUT2D eigenvalue weighted by atomic mass is 32.2. The average Bonchev–Trinajstić information content (AvgIpc) is 3.11. The Kier molecular flexibility index (Phi) is 7.52. The van der Waals surface area contributed by atoms with Crippen LogP contribution in [0, 0.1) is 0 Å². The summed E-state index contributed by atoms with van der Waals surface area (Å²) in [6, 6.07) is 13.6. The maximum absolute atomic E-state index is 12.9. The van der Waals surface area contributed by atoms with Crippen LogP contribution in [0.1, 0.15) is 25.7 Å². The van der Waals surface area contributed by atoms with E-state index in [1.54, 1.807) is 40.7 Å². The van der Waals surface area contributed by atoms with Gasteiger partial charge in [0, 0.05) is 50.6 Å². The van der Waals surface area contributed by atoms with Crippen molar-refractivity contribution >= 4 is 27.3 Å². The molecular weight excluding hydrogens is 440 g/mol. The van der Waals surface area contributed by atoms with Gasteiger partial charge < -0.3 is 15.3 Å². The van der Waals surface area contributed by atoms with E-state index in [1.165, 1.54) is 0 Å². The topological polar surface area (TPSA) is 93.2 Å². The number of benzene rings is 2. The number of phenolic OH excluding ortho intramolecular Hbond substituents is 1. The minimum absolute atomic E-state index is 0.115. The van der Waals surface area contributed by atoms with Crippen LogP contribution in [0.15, 0.2) is 53.4 Å². The predicted molar refractivity (Wildman–Crippen MR) is 129 cm³/mol. The number of sulfonamides is 1. The Balaban J connectivity index is 1.27. The van der Waals surface area contributed by atoms with Crippen LogP contribution in [0.3, 0.4) is 0 Å². The van der Waals surface area contributed by atoms with Crippen LogP contribution in [0.4, 0.5) is 11.4 Å². The Hall–Kier alpha value is -2.62. The summed E-state index contributed by atoms with van der Waals surface area (Å²) in [6.45, 7) is 4.57. The summed E-state index contributed by atoms with van der Waals surface area (Å²) in [7, 11) is -3.49. The number of nitrogens with zero attached hydrogens (tertiary/aromatic N) is 3. The fraction of sp³-hybridized carbons (Fsp3) is 0.458. The second kappa shape index (κ2) is 10.5. The summed E-state index contributed by atoms with van der Waals surface area (Å²) in [5.74, 6) is 0.137. The minimum atomic E-state index is -3.49. The monoisotopic (exact) mass is 472 g/mol. The number of aromatic hydroxyl groups is 1. The van der Waals surface area contributed by atoms with Crippen molar-refractivity contribution < 1.29 is 18.3 Å². The molecule has 0 aliphatic carbocycles. The van der Waals surface area contributed by atoms with E-state index in [0.29, 0.717) is 18.8 Å². The van der Waals surface area contributed by atoms with Gasteiger partial charge in [-0.2, -0.15) is 4.31 Å². The molecule has 9 heteroatoms. The summed E-state index contributed by atoms with van der Waals surface area (Å²) in [5, 5.41) is 12.3. The first-order valence-corrected chi connectivity index (χ1v) is 13.0. The van der Waals surface area contributed by atoms with Crippen LogP contribution in [0.2, 0.25) is 0 Å². The summed E-state index contributed by atoms with van der Waals surface area (Å²) < 4.78 is 27.4. The molecule has 2 heterocycles. The molecule has 1 amide bonds. The number of anilines is 2. The zero-order valence-electron chi connectivity index (χ0n) is 18.8.